The second-order valence-electron chi connectivity index (χ2n) is 5.80. The van der Waals surface area contributed by atoms with Crippen LogP contribution < -0.4 is 0 Å². The van der Waals surface area contributed by atoms with Crippen LogP contribution in [0.25, 0.3) is 0 Å². The van der Waals surface area contributed by atoms with Gasteiger partial charge in [0.1, 0.15) is 0 Å². The molecule has 0 saturated carbocycles. The number of rotatable bonds is 2. The molecule has 1 aliphatic rings. The molecule has 0 nitrogen and oxygen atoms in total. The van der Waals surface area contributed by atoms with Crippen LogP contribution >= 0.6 is 27.5 Å². The molecule has 1 unspecified atom stereocenters. The van der Waals surface area contributed by atoms with Crippen LogP contribution in [0.5, 0.6) is 0 Å². The number of halogens is 2. The first-order chi connectivity index (χ1) is 9.56. The maximum Gasteiger partial charge on any atom is 0.0452 e. The third-order valence-electron chi connectivity index (χ3n) is 4.41. The molecule has 0 radical (unpaired) electrons. The highest BCUT2D eigenvalue weighted by atomic mass is 79.9. The van der Waals surface area contributed by atoms with Crippen molar-refractivity contribution in [2.75, 3.05) is 0 Å². The van der Waals surface area contributed by atoms with Crippen LogP contribution in [0.1, 0.15) is 32.6 Å². The molecule has 0 heterocycles. The van der Waals surface area contributed by atoms with E-state index in [1.165, 1.54) is 27.8 Å². The van der Waals surface area contributed by atoms with E-state index in [0.29, 0.717) is 10.7 Å². The number of benzene rings is 2. The standard InChI is InChI=1S/C18H18BrCl/c1-11-7-16(17(20)8-12(11)2)18(19)15-9-13-5-3-4-6-14(13)10-15/h3-8,15,18H,9-10H2,1-2H3. The van der Waals surface area contributed by atoms with Gasteiger partial charge in [-0.25, -0.2) is 0 Å². The smallest absolute Gasteiger partial charge is 0.0452 e. The van der Waals surface area contributed by atoms with E-state index < -0.39 is 0 Å². The summed E-state index contributed by atoms with van der Waals surface area (Å²) < 4.78 is 0. The van der Waals surface area contributed by atoms with Gasteiger partial charge in [-0.3, -0.25) is 0 Å². The van der Waals surface area contributed by atoms with E-state index in [-0.39, 0.29) is 0 Å². The van der Waals surface area contributed by atoms with Gasteiger partial charge in [-0.2, -0.15) is 0 Å². The lowest BCUT2D eigenvalue weighted by molar-refractivity contribution is 0.554. The molecular weight excluding hydrogens is 332 g/mol. The number of hydrogen-bond acceptors (Lipinski definition) is 0. The average Bonchev–Trinajstić information content (AvgIpc) is 2.86. The lowest BCUT2D eigenvalue weighted by Crippen LogP contribution is -2.08. The van der Waals surface area contributed by atoms with E-state index >= 15 is 0 Å². The summed E-state index contributed by atoms with van der Waals surface area (Å²) in [5.41, 5.74) is 6.77. The van der Waals surface area contributed by atoms with Gasteiger partial charge in [0.15, 0.2) is 0 Å². The Morgan fingerprint density at radius 3 is 2.20 bits per heavy atom. The predicted molar refractivity (Wildman–Crippen MR) is 89.9 cm³/mol. The third-order valence-corrected chi connectivity index (χ3v) is 5.97. The molecule has 0 aliphatic heterocycles. The van der Waals surface area contributed by atoms with Gasteiger partial charge in [0.25, 0.3) is 0 Å². The zero-order valence-electron chi connectivity index (χ0n) is 11.8. The number of aryl methyl sites for hydroxylation is 2. The molecule has 0 saturated heterocycles. The second-order valence-corrected chi connectivity index (χ2v) is 7.19. The number of hydrogen-bond donors (Lipinski definition) is 0. The molecular formula is C18H18BrCl. The van der Waals surface area contributed by atoms with Gasteiger partial charge in [-0.05, 0) is 66.5 Å². The maximum atomic E-state index is 6.46. The molecule has 0 bridgehead atoms. The molecule has 2 aromatic carbocycles. The summed E-state index contributed by atoms with van der Waals surface area (Å²) in [7, 11) is 0. The van der Waals surface area contributed by atoms with Crippen molar-refractivity contribution in [3.05, 3.63) is 69.2 Å². The van der Waals surface area contributed by atoms with Crippen molar-refractivity contribution in [3.63, 3.8) is 0 Å². The van der Waals surface area contributed by atoms with Gasteiger partial charge in [0.05, 0.1) is 0 Å². The fourth-order valence-electron chi connectivity index (χ4n) is 3.07. The van der Waals surface area contributed by atoms with Crippen LogP contribution in [0, 0.1) is 19.8 Å². The summed E-state index contributed by atoms with van der Waals surface area (Å²) in [5, 5.41) is 0.880. The van der Waals surface area contributed by atoms with E-state index in [1.54, 1.807) is 0 Å². The van der Waals surface area contributed by atoms with Crippen molar-refractivity contribution in [1.82, 2.24) is 0 Å². The fraction of sp³-hybridized carbons (Fsp3) is 0.333. The van der Waals surface area contributed by atoms with E-state index in [0.717, 1.165) is 17.9 Å². The summed E-state index contributed by atoms with van der Waals surface area (Å²) in [6.07, 6.45) is 2.27. The minimum Gasteiger partial charge on any atom is -0.0840 e. The highest BCUT2D eigenvalue weighted by molar-refractivity contribution is 9.09. The summed E-state index contributed by atoms with van der Waals surface area (Å²) in [5.74, 6) is 0.590. The Morgan fingerprint density at radius 1 is 1.05 bits per heavy atom. The highest BCUT2D eigenvalue weighted by Gasteiger charge is 2.29. The Kier molecular flexibility index (Phi) is 3.92. The maximum absolute atomic E-state index is 6.46. The molecule has 0 fully saturated rings. The van der Waals surface area contributed by atoms with Crippen LogP contribution in [-0.4, -0.2) is 0 Å². The van der Waals surface area contributed by atoms with Crippen molar-refractivity contribution in [1.29, 1.82) is 0 Å². The van der Waals surface area contributed by atoms with Crippen molar-refractivity contribution in [2.24, 2.45) is 5.92 Å². The SMILES string of the molecule is Cc1cc(Cl)c(C(Br)C2Cc3ccccc3C2)cc1C. The largest absolute Gasteiger partial charge is 0.0840 e. The quantitative estimate of drug-likeness (QED) is 0.600. The molecule has 0 N–H and O–H groups in total. The lowest BCUT2D eigenvalue weighted by Gasteiger charge is -2.20. The van der Waals surface area contributed by atoms with Crippen LogP contribution in [-0.2, 0) is 12.8 Å². The van der Waals surface area contributed by atoms with Gasteiger partial charge in [0, 0.05) is 9.85 Å². The first-order valence-electron chi connectivity index (χ1n) is 7.03. The van der Waals surface area contributed by atoms with E-state index in [9.17, 15) is 0 Å². The molecule has 1 aliphatic carbocycles. The van der Waals surface area contributed by atoms with Gasteiger partial charge in [-0.15, -0.1) is 0 Å². The van der Waals surface area contributed by atoms with Gasteiger partial charge >= 0.3 is 0 Å². The third kappa shape index (κ3) is 2.54. The lowest BCUT2D eigenvalue weighted by atomic mass is 9.94. The van der Waals surface area contributed by atoms with Crippen LogP contribution in [0.2, 0.25) is 5.02 Å². The Bertz CT molecular complexity index is 623. The first kappa shape index (κ1) is 14.2. The van der Waals surface area contributed by atoms with E-state index in [1.807, 2.05) is 0 Å². The summed E-state index contributed by atoms with van der Waals surface area (Å²) in [4.78, 5) is 0.321. The zero-order valence-corrected chi connectivity index (χ0v) is 14.1. The predicted octanol–water partition coefficient (Wildman–Crippen LogP) is 5.81. The summed E-state index contributed by atoms with van der Waals surface area (Å²) in [6.45, 7) is 4.26. The molecule has 0 aromatic heterocycles. The topological polar surface area (TPSA) is 0 Å². The minimum atomic E-state index is 0.321. The molecule has 104 valence electrons. The van der Waals surface area contributed by atoms with Crippen molar-refractivity contribution < 1.29 is 0 Å². The Labute approximate surface area is 134 Å². The summed E-state index contributed by atoms with van der Waals surface area (Å²) in [6, 6.07) is 13.1. The molecule has 2 heteroatoms. The van der Waals surface area contributed by atoms with E-state index in [4.69, 9.17) is 11.6 Å². The number of fused-ring (bicyclic) bond motifs is 1. The molecule has 2 aromatic rings. The van der Waals surface area contributed by atoms with Crippen molar-refractivity contribution in [2.45, 2.75) is 31.5 Å². The second kappa shape index (κ2) is 5.54. The zero-order chi connectivity index (χ0) is 14.3. The minimum absolute atomic E-state index is 0.321. The molecule has 20 heavy (non-hydrogen) atoms. The van der Waals surface area contributed by atoms with Crippen LogP contribution in [0.15, 0.2) is 36.4 Å². The molecule has 0 spiro atoms. The normalized spacial score (nSPS) is 16.2. The van der Waals surface area contributed by atoms with Crippen LogP contribution in [0.3, 0.4) is 0 Å². The number of alkyl halides is 1. The Balaban J connectivity index is 1.88. The average molecular weight is 350 g/mol. The summed E-state index contributed by atoms with van der Waals surface area (Å²) >= 11 is 10.4. The fourth-order valence-corrected chi connectivity index (χ4v) is 4.29. The van der Waals surface area contributed by atoms with Gasteiger partial charge in [0.2, 0.25) is 0 Å². The Morgan fingerprint density at radius 2 is 1.60 bits per heavy atom. The molecule has 3 rings (SSSR count). The monoisotopic (exact) mass is 348 g/mol. The molecule has 0 amide bonds. The van der Waals surface area contributed by atoms with E-state index in [2.05, 4.69) is 66.2 Å². The first-order valence-corrected chi connectivity index (χ1v) is 8.33. The highest BCUT2D eigenvalue weighted by Crippen LogP contribution is 2.43. The Hall–Kier alpha value is -0.790. The molecule has 1 atom stereocenters. The van der Waals surface area contributed by atoms with Gasteiger partial charge < -0.3 is 0 Å². The van der Waals surface area contributed by atoms with Crippen molar-refractivity contribution in [3.8, 4) is 0 Å². The van der Waals surface area contributed by atoms with Crippen LogP contribution in [0.4, 0.5) is 0 Å². The van der Waals surface area contributed by atoms with Gasteiger partial charge in [-0.1, -0.05) is 57.9 Å². The van der Waals surface area contributed by atoms with Crippen molar-refractivity contribution >= 4 is 27.5 Å².